The Hall–Kier alpha value is -1.53. The minimum absolute atomic E-state index is 0.166. The van der Waals surface area contributed by atoms with Crippen molar-refractivity contribution >= 4 is 50.9 Å². The van der Waals surface area contributed by atoms with Crippen LogP contribution >= 0.6 is 34.2 Å². The van der Waals surface area contributed by atoms with E-state index >= 15 is 0 Å². The van der Waals surface area contributed by atoms with E-state index in [-0.39, 0.29) is 11.5 Å². The summed E-state index contributed by atoms with van der Waals surface area (Å²) in [7, 11) is 1.54. The van der Waals surface area contributed by atoms with Gasteiger partial charge in [-0.25, -0.2) is 0 Å². The van der Waals surface area contributed by atoms with Crippen molar-refractivity contribution in [3.63, 3.8) is 0 Å². The van der Waals surface area contributed by atoms with Crippen LogP contribution in [0.2, 0.25) is 5.02 Å². The normalized spacial score (nSPS) is 10.8. The van der Waals surface area contributed by atoms with Crippen molar-refractivity contribution in [1.29, 1.82) is 0 Å². The highest BCUT2D eigenvalue weighted by atomic mass is 127. The number of benzene rings is 2. The fourth-order valence-electron chi connectivity index (χ4n) is 2.09. The van der Waals surface area contributed by atoms with E-state index in [1.54, 1.807) is 30.3 Å². The molecule has 3 aromatic rings. The molecule has 0 amide bonds. The lowest BCUT2D eigenvalue weighted by Gasteiger charge is -2.00. The average molecular weight is 413 g/mol. The van der Waals surface area contributed by atoms with E-state index in [1.165, 1.54) is 7.11 Å². The van der Waals surface area contributed by atoms with Gasteiger partial charge >= 0.3 is 0 Å². The second kappa shape index (κ2) is 5.69. The van der Waals surface area contributed by atoms with Gasteiger partial charge in [-0.3, -0.25) is 4.79 Å². The van der Waals surface area contributed by atoms with Crippen LogP contribution in [-0.4, -0.2) is 12.9 Å². The van der Waals surface area contributed by atoms with Gasteiger partial charge in [-0.05, 0) is 59.0 Å². The zero-order valence-corrected chi connectivity index (χ0v) is 13.9. The van der Waals surface area contributed by atoms with E-state index in [0.29, 0.717) is 21.9 Å². The zero-order chi connectivity index (χ0) is 15.0. The summed E-state index contributed by atoms with van der Waals surface area (Å²) in [4.78, 5) is 12.4. The quantitative estimate of drug-likeness (QED) is 0.452. The first kappa shape index (κ1) is 14.4. The third-order valence-corrected chi connectivity index (χ3v) is 4.03. The van der Waals surface area contributed by atoms with E-state index in [9.17, 15) is 4.79 Å². The van der Waals surface area contributed by atoms with Crippen LogP contribution in [-0.2, 0) is 0 Å². The smallest absolute Gasteiger partial charge is 0.228 e. The topological polar surface area (TPSA) is 39.4 Å². The molecule has 1 heterocycles. The highest BCUT2D eigenvalue weighted by Gasteiger charge is 2.17. The molecule has 3 rings (SSSR count). The number of furan rings is 1. The van der Waals surface area contributed by atoms with Crippen LogP contribution < -0.4 is 4.74 Å². The van der Waals surface area contributed by atoms with Crippen LogP contribution in [0.15, 0.2) is 46.9 Å². The summed E-state index contributed by atoms with van der Waals surface area (Å²) in [5, 5.41) is 1.28. The van der Waals surface area contributed by atoms with Gasteiger partial charge in [0, 0.05) is 25.6 Å². The number of rotatable bonds is 3. The van der Waals surface area contributed by atoms with Gasteiger partial charge < -0.3 is 9.15 Å². The van der Waals surface area contributed by atoms with Crippen molar-refractivity contribution in [2.45, 2.75) is 0 Å². The van der Waals surface area contributed by atoms with Gasteiger partial charge in [-0.15, -0.1) is 0 Å². The molecule has 0 aliphatic heterocycles. The monoisotopic (exact) mass is 412 g/mol. The summed E-state index contributed by atoms with van der Waals surface area (Å²) >= 11 is 8.21. The predicted molar refractivity (Wildman–Crippen MR) is 90.4 cm³/mol. The molecule has 21 heavy (non-hydrogen) atoms. The Kier molecular flexibility index (Phi) is 3.91. The van der Waals surface area contributed by atoms with E-state index < -0.39 is 0 Å². The van der Waals surface area contributed by atoms with Crippen molar-refractivity contribution in [3.05, 3.63) is 62.4 Å². The van der Waals surface area contributed by atoms with E-state index in [1.807, 2.05) is 12.1 Å². The minimum atomic E-state index is -0.166. The molecule has 5 heteroatoms. The number of fused-ring (bicyclic) bond motifs is 1. The van der Waals surface area contributed by atoms with Gasteiger partial charge in [-0.2, -0.15) is 0 Å². The first-order chi connectivity index (χ1) is 10.1. The summed E-state index contributed by atoms with van der Waals surface area (Å²) in [6, 6.07) is 12.4. The molecule has 0 N–H and O–H groups in total. The highest BCUT2D eigenvalue weighted by molar-refractivity contribution is 14.1. The summed E-state index contributed by atoms with van der Waals surface area (Å²) in [6.07, 6.45) is 0. The van der Waals surface area contributed by atoms with Crippen LogP contribution in [0.25, 0.3) is 11.0 Å². The molecule has 106 valence electrons. The number of methoxy groups -OCH3 is 1. The second-order valence-corrected chi connectivity index (χ2v) is 6.16. The Labute approximate surface area is 140 Å². The zero-order valence-electron chi connectivity index (χ0n) is 11.0. The fourth-order valence-corrected chi connectivity index (χ4v) is 2.67. The summed E-state index contributed by atoms with van der Waals surface area (Å²) < 4.78 is 12.0. The van der Waals surface area contributed by atoms with E-state index in [2.05, 4.69) is 22.6 Å². The molecular formula is C16H10ClIO3. The molecule has 0 radical (unpaired) electrons. The third kappa shape index (κ3) is 2.78. The molecule has 0 spiro atoms. The maximum Gasteiger partial charge on any atom is 0.228 e. The lowest BCUT2D eigenvalue weighted by molar-refractivity contribution is 0.101. The van der Waals surface area contributed by atoms with Crippen molar-refractivity contribution < 1.29 is 13.9 Å². The summed E-state index contributed by atoms with van der Waals surface area (Å²) in [6.45, 7) is 0. The van der Waals surface area contributed by atoms with Crippen LogP contribution in [0.5, 0.6) is 5.75 Å². The average Bonchev–Trinajstić information content (AvgIpc) is 2.90. The van der Waals surface area contributed by atoms with Gasteiger partial charge in [0.15, 0.2) is 17.1 Å². The second-order valence-electron chi connectivity index (χ2n) is 4.47. The lowest BCUT2D eigenvalue weighted by atomic mass is 10.1. The molecule has 0 fully saturated rings. The number of halogens is 2. The van der Waals surface area contributed by atoms with Gasteiger partial charge in [0.05, 0.1) is 7.11 Å². The van der Waals surface area contributed by atoms with Crippen molar-refractivity contribution in [2.24, 2.45) is 0 Å². The largest absolute Gasteiger partial charge is 0.493 e. The Morgan fingerprint density at radius 1 is 1.19 bits per heavy atom. The van der Waals surface area contributed by atoms with Gasteiger partial charge in [0.2, 0.25) is 5.78 Å². The van der Waals surface area contributed by atoms with Crippen LogP contribution in [0.1, 0.15) is 16.1 Å². The molecule has 0 aliphatic carbocycles. The number of carbonyl (C=O) groups is 1. The van der Waals surface area contributed by atoms with E-state index in [4.69, 9.17) is 20.8 Å². The standard InChI is InChI=1S/C16H10ClIO3/c1-20-14-8-11(17)6-10-7-13(21-16(10)14)15(19)9-2-4-12(18)5-3-9/h2-8H,1H3. The van der Waals surface area contributed by atoms with Gasteiger partial charge in [0.1, 0.15) is 0 Å². The molecule has 0 aliphatic rings. The number of hydrogen-bond donors (Lipinski definition) is 0. The molecule has 0 saturated carbocycles. The number of carbonyl (C=O) groups excluding carboxylic acids is 1. The SMILES string of the molecule is COc1cc(Cl)cc2cc(C(=O)c3ccc(I)cc3)oc12. The predicted octanol–water partition coefficient (Wildman–Crippen LogP) is 4.93. The molecule has 0 atom stereocenters. The molecule has 2 aromatic carbocycles. The Bertz CT molecular complexity index is 821. The van der Waals surface area contributed by atoms with E-state index in [0.717, 1.165) is 8.96 Å². The lowest BCUT2D eigenvalue weighted by Crippen LogP contribution is -1.98. The van der Waals surface area contributed by atoms with Crippen LogP contribution in [0.4, 0.5) is 0 Å². The Balaban J connectivity index is 2.08. The summed E-state index contributed by atoms with van der Waals surface area (Å²) in [5.41, 5.74) is 1.11. The maximum atomic E-state index is 12.4. The minimum Gasteiger partial charge on any atom is -0.493 e. The highest BCUT2D eigenvalue weighted by Crippen LogP contribution is 2.33. The molecule has 0 bridgehead atoms. The van der Waals surface area contributed by atoms with Crippen LogP contribution in [0, 0.1) is 3.57 Å². The number of hydrogen-bond acceptors (Lipinski definition) is 3. The van der Waals surface area contributed by atoms with Crippen molar-refractivity contribution in [3.8, 4) is 5.75 Å². The molecule has 0 unspecified atom stereocenters. The molecule has 3 nitrogen and oxygen atoms in total. The fraction of sp³-hybridized carbons (Fsp3) is 0.0625. The Morgan fingerprint density at radius 2 is 1.90 bits per heavy atom. The van der Waals surface area contributed by atoms with Gasteiger partial charge in [0.25, 0.3) is 0 Å². The van der Waals surface area contributed by atoms with Crippen LogP contribution in [0.3, 0.4) is 0 Å². The summed E-state index contributed by atoms with van der Waals surface area (Å²) in [5.74, 6) is 0.617. The first-order valence-corrected chi connectivity index (χ1v) is 7.61. The molecule has 1 aromatic heterocycles. The molecular weight excluding hydrogens is 403 g/mol. The van der Waals surface area contributed by atoms with Crippen molar-refractivity contribution in [1.82, 2.24) is 0 Å². The number of ether oxygens (including phenoxy) is 1. The number of ketones is 1. The molecule has 0 saturated heterocycles. The maximum absolute atomic E-state index is 12.4. The Morgan fingerprint density at radius 3 is 2.57 bits per heavy atom. The van der Waals surface area contributed by atoms with Crippen molar-refractivity contribution in [2.75, 3.05) is 7.11 Å². The third-order valence-electron chi connectivity index (χ3n) is 3.10. The first-order valence-electron chi connectivity index (χ1n) is 6.16. The van der Waals surface area contributed by atoms with Gasteiger partial charge in [-0.1, -0.05) is 11.6 Å².